The Hall–Kier alpha value is -1.96. The fourth-order valence-corrected chi connectivity index (χ4v) is 4.37. The minimum absolute atomic E-state index is 0.0499. The van der Waals surface area contributed by atoms with E-state index in [9.17, 15) is 17.6 Å². The number of halogens is 2. The number of benzene rings is 2. The molecule has 1 saturated heterocycles. The number of piperazine rings is 1. The van der Waals surface area contributed by atoms with Gasteiger partial charge in [-0.2, -0.15) is 4.31 Å². The van der Waals surface area contributed by atoms with E-state index >= 15 is 0 Å². The molecule has 26 heavy (non-hydrogen) atoms. The quantitative estimate of drug-likeness (QED) is 0.798. The van der Waals surface area contributed by atoms with E-state index in [4.69, 9.17) is 11.6 Å². The third kappa shape index (κ3) is 4.23. The summed E-state index contributed by atoms with van der Waals surface area (Å²) in [4.78, 5) is 14.1. The van der Waals surface area contributed by atoms with E-state index in [1.54, 1.807) is 29.2 Å². The molecule has 1 fully saturated rings. The van der Waals surface area contributed by atoms with Gasteiger partial charge < -0.3 is 4.90 Å². The summed E-state index contributed by atoms with van der Waals surface area (Å²) in [6.07, 6.45) is 0.252. The van der Waals surface area contributed by atoms with Crippen molar-refractivity contribution in [1.82, 2.24) is 9.21 Å². The molecule has 138 valence electrons. The lowest BCUT2D eigenvalue weighted by molar-refractivity contribution is -0.131. The van der Waals surface area contributed by atoms with Gasteiger partial charge in [0.25, 0.3) is 0 Å². The maximum absolute atomic E-state index is 13.0. The van der Waals surface area contributed by atoms with E-state index in [0.29, 0.717) is 18.1 Å². The lowest BCUT2D eigenvalue weighted by Gasteiger charge is -2.34. The third-order valence-electron chi connectivity index (χ3n) is 4.31. The predicted molar refractivity (Wildman–Crippen MR) is 96.9 cm³/mol. The van der Waals surface area contributed by atoms with Crippen LogP contribution in [0.4, 0.5) is 4.39 Å². The van der Waals surface area contributed by atoms with Crippen molar-refractivity contribution in [3.63, 3.8) is 0 Å². The van der Waals surface area contributed by atoms with E-state index in [0.717, 1.165) is 17.7 Å². The number of carbonyl (C=O) groups excluding carboxylic acids is 1. The Balaban J connectivity index is 1.60. The van der Waals surface area contributed by atoms with E-state index < -0.39 is 15.8 Å². The van der Waals surface area contributed by atoms with Crippen LogP contribution in [0.3, 0.4) is 0 Å². The number of nitrogens with zero attached hydrogens (tertiary/aromatic N) is 2. The summed E-state index contributed by atoms with van der Waals surface area (Å²) in [5.74, 6) is -0.535. The largest absolute Gasteiger partial charge is 0.340 e. The number of hydrogen-bond donors (Lipinski definition) is 0. The van der Waals surface area contributed by atoms with Crippen LogP contribution < -0.4 is 0 Å². The van der Waals surface area contributed by atoms with Crippen LogP contribution >= 0.6 is 11.6 Å². The molecule has 0 spiro atoms. The average Bonchev–Trinajstić information content (AvgIpc) is 2.64. The van der Waals surface area contributed by atoms with Crippen LogP contribution in [0, 0.1) is 5.82 Å². The van der Waals surface area contributed by atoms with Gasteiger partial charge in [0.15, 0.2) is 0 Å². The van der Waals surface area contributed by atoms with Crippen molar-refractivity contribution >= 4 is 27.5 Å². The number of rotatable bonds is 4. The highest BCUT2D eigenvalue weighted by molar-refractivity contribution is 7.89. The van der Waals surface area contributed by atoms with Crippen molar-refractivity contribution in [2.75, 3.05) is 26.2 Å². The highest BCUT2D eigenvalue weighted by Crippen LogP contribution is 2.18. The molecule has 0 aromatic heterocycles. The first-order valence-corrected chi connectivity index (χ1v) is 9.96. The van der Waals surface area contributed by atoms with Crippen molar-refractivity contribution in [3.8, 4) is 0 Å². The standard InChI is InChI=1S/C18H18ClFN2O3S/c19-15-3-1-14(2-4-15)13-18(23)21-9-11-22(12-10-21)26(24,25)17-7-5-16(20)6-8-17/h1-8H,9-13H2. The second kappa shape index (κ2) is 7.73. The van der Waals surface area contributed by atoms with E-state index in [2.05, 4.69) is 0 Å². The van der Waals surface area contributed by atoms with Crippen LogP contribution in [0.1, 0.15) is 5.56 Å². The molecule has 0 radical (unpaired) electrons. The minimum atomic E-state index is -3.68. The molecule has 2 aromatic rings. The van der Waals surface area contributed by atoms with Gasteiger partial charge >= 0.3 is 0 Å². The molecule has 0 N–H and O–H groups in total. The average molecular weight is 397 g/mol. The Morgan fingerprint density at radius 1 is 0.962 bits per heavy atom. The van der Waals surface area contributed by atoms with Gasteiger partial charge in [0.2, 0.25) is 15.9 Å². The molecule has 0 bridgehead atoms. The fraction of sp³-hybridized carbons (Fsp3) is 0.278. The number of amides is 1. The summed E-state index contributed by atoms with van der Waals surface area (Å²) < 4.78 is 39.5. The van der Waals surface area contributed by atoms with Crippen molar-refractivity contribution in [2.45, 2.75) is 11.3 Å². The van der Waals surface area contributed by atoms with Crippen LogP contribution in [-0.2, 0) is 21.2 Å². The predicted octanol–water partition coefficient (Wildman–Crippen LogP) is 2.55. The van der Waals surface area contributed by atoms with Crippen LogP contribution in [0.2, 0.25) is 5.02 Å². The van der Waals surface area contributed by atoms with E-state index in [-0.39, 0.29) is 30.3 Å². The van der Waals surface area contributed by atoms with Gasteiger partial charge in [-0.15, -0.1) is 0 Å². The monoisotopic (exact) mass is 396 g/mol. The van der Waals surface area contributed by atoms with Crippen molar-refractivity contribution < 1.29 is 17.6 Å². The lowest BCUT2D eigenvalue weighted by atomic mass is 10.1. The molecule has 2 aromatic carbocycles. The zero-order valence-electron chi connectivity index (χ0n) is 13.9. The van der Waals surface area contributed by atoms with E-state index in [1.165, 1.54) is 16.4 Å². The molecular formula is C18H18ClFN2O3S. The molecule has 5 nitrogen and oxygen atoms in total. The Morgan fingerprint density at radius 3 is 2.12 bits per heavy atom. The number of carbonyl (C=O) groups is 1. The van der Waals surface area contributed by atoms with E-state index in [1.807, 2.05) is 0 Å². The molecular weight excluding hydrogens is 379 g/mol. The smallest absolute Gasteiger partial charge is 0.243 e. The van der Waals surface area contributed by atoms with Crippen LogP contribution in [0.15, 0.2) is 53.4 Å². The highest BCUT2D eigenvalue weighted by Gasteiger charge is 2.30. The first-order chi connectivity index (χ1) is 12.4. The molecule has 3 rings (SSSR count). The van der Waals surface area contributed by atoms with Gasteiger partial charge in [0.1, 0.15) is 5.82 Å². The second-order valence-electron chi connectivity index (χ2n) is 6.04. The lowest BCUT2D eigenvalue weighted by Crippen LogP contribution is -2.50. The Kier molecular flexibility index (Phi) is 5.60. The molecule has 8 heteroatoms. The minimum Gasteiger partial charge on any atom is -0.340 e. The molecule has 1 heterocycles. The van der Waals surface area contributed by atoms with Crippen molar-refractivity contribution in [2.24, 2.45) is 0 Å². The highest BCUT2D eigenvalue weighted by atomic mass is 35.5. The SMILES string of the molecule is O=C(Cc1ccc(Cl)cc1)N1CCN(S(=O)(=O)c2ccc(F)cc2)CC1. The number of hydrogen-bond acceptors (Lipinski definition) is 3. The molecule has 0 unspecified atom stereocenters. The summed E-state index contributed by atoms with van der Waals surface area (Å²) in [7, 11) is -3.68. The first kappa shape index (κ1) is 18.8. The Morgan fingerprint density at radius 2 is 1.54 bits per heavy atom. The van der Waals surface area contributed by atoms with Crippen molar-refractivity contribution in [1.29, 1.82) is 0 Å². The van der Waals surface area contributed by atoms with Crippen molar-refractivity contribution in [3.05, 3.63) is 64.9 Å². The topological polar surface area (TPSA) is 57.7 Å². The summed E-state index contributed by atoms with van der Waals surface area (Å²) in [6.45, 7) is 1.08. The van der Waals surface area contributed by atoms with Crippen LogP contribution in [0.25, 0.3) is 0 Å². The molecule has 0 atom stereocenters. The first-order valence-electron chi connectivity index (χ1n) is 8.14. The van der Waals surface area contributed by atoms with Gasteiger partial charge in [0, 0.05) is 31.2 Å². The zero-order chi connectivity index (χ0) is 18.7. The second-order valence-corrected chi connectivity index (χ2v) is 8.42. The summed E-state index contributed by atoms with van der Waals surface area (Å²) in [5.41, 5.74) is 0.862. The molecule has 0 aliphatic carbocycles. The summed E-state index contributed by atoms with van der Waals surface area (Å²) in [5, 5.41) is 0.612. The number of sulfonamides is 1. The maximum atomic E-state index is 13.0. The maximum Gasteiger partial charge on any atom is 0.243 e. The third-order valence-corrected chi connectivity index (χ3v) is 6.48. The summed E-state index contributed by atoms with van der Waals surface area (Å²) in [6, 6.07) is 11.8. The van der Waals surface area contributed by atoms with Crippen LogP contribution in [-0.4, -0.2) is 49.7 Å². The zero-order valence-corrected chi connectivity index (χ0v) is 15.5. The molecule has 1 amide bonds. The molecule has 0 saturated carbocycles. The van der Waals surface area contributed by atoms with Gasteiger partial charge in [-0.1, -0.05) is 23.7 Å². The Labute approximate surface area is 157 Å². The molecule has 1 aliphatic heterocycles. The van der Waals surface area contributed by atoms with Gasteiger partial charge in [-0.3, -0.25) is 4.79 Å². The van der Waals surface area contributed by atoms with Crippen LogP contribution in [0.5, 0.6) is 0 Å². The fourth-order valence-electron chi connectivity index (χ4n) is 2.82. The normalized spacial score (nSPS) is 15.8. The summed E-state index contributed by atoms with van der Waals surface area (Å²) >= 11 is 5.84. The van der Waals surface area contributed by atoms with Gasteiger partial charge in [-0.25, -0.2) is 12.8 Å². The molecule has 1 aliphatic rings. The van der Waals surface area contributed by atoms with Gasteiger partial charge in [0.05, 0.1) is 11.3 Å². The van der Waals surface area contributed by atoms with Gasteiger partial charge in [-0.05, 0) is 42.0 Å². The Bertz CT molecular complexity index is 878.